The first-order valence-electron chi connectivity index (χ1n) is 4.80. The van der Waals surface area contributed by atoms with Crippen molar-refractivity contribution in [2.24, 2.45) is 11.5 Å². The van der Waals surface area contributed by atoms with E-state index >= 15 is 0 Å². The van der Waals surface area contributed by atoms with Gasteiger partial charge in [-0.15, -0.1) is 0 Å². The summed E-state index contributed by atoms with van der Waals surface area (Å²) < 4.78 is 4.88. The van der Waals surface area contributed by atoms with Gasteiger partial charge in [0.05, 0.1) is 25.0 Å². The van der Waals surface area contributed by atoms with Gasteiger partial charge in [0.1, 0.15) is 0 Å². The molecule has 1 atom stereocenters. The molecule has 2 amide bonds. The number of hydrogen-bond acceptors (Lipinski definition) is 4. The van der Waals surface area contributed by atoms with E-state index in [0.717, 1.165) is 5.56 Å². The third kappa shape index (κ3) is 3.39. The van der Waals surface area contributed by atoms with Crippen LogP contribution in [0.3, 0.4) is 0 Å². The zero-order chi connectivity index (χ0) is 12.1. The number of rotatable bonds is 5. The summed E-state index contributed by atoms with van der Waals surface area (Å²) in [5.41, 5.74) is 11.4. The van der Waals surface area contributed by atoms with Gasteiger partial charge in [0, 0.05) is 19.2 Å². The topological polar surface area (TPSA) is 103 Å². The highest BCUT2D eigenvalue weighted by molar-refractivity contribution is 5.87. The second-order valence-electron chi connectivity index (χ2n) is 3.60. The molecule has 88 valence electrons. The molecule has 1 aromatic heterocycles. The largest absolute Gasteiger partial charge is 0.472 e. The zero-order valence-corrected chi connectivity index (χ0v) is 9.05. The molecular formula is C10H15N3O3. The molecule has 0 bridgehead atoms. The van der Waals surface area contributed by atoms with Gasteiger partial charge in [0.2, 0.25) is 11.8 Å². The molecule has 0 aliphatic rings. The Morgan fingerprint density at radius 3 is 2.75 bits per heavy atom. The van der Waals surface area contributed by atoms with Crippen molar-refractivity contribution in [1.29, 1.82) is 0 Å². The predicted octanol–water partition coefficient (Wildman–Crippen LogP) is -0.559. The van der Waals surface area contributed by atoms with Crippen LogP contribution in [0.1, 0.15) is 12.0 Å². The smallest absolute Gasteiger partial charge is 0.240 e. The Bertz CT molecular complexity index is 361. The lowest BCUT2D eigenvalue weighted by atomic mass is 10.2. The number of carbonyl (C=O) groups is 2. The lowest BCUT2D eigenvalue weighted by molar-refractivity contribution is -0.133. The second-order valence-corrected chi connectivity index (χ2v) is 3.60. The summed E-state index contributed by atoms with van der Waals surface area (Å²) >= 11 is 0. The molecule has 1 rings (SSSR count). The molecule has 0 radical (unpaired) electrons. The molecule has 0 saturated heterocycles. The third-order valence-electron chi connectivity index (χ3n) is 2.11. The minimum absolute atomic E-state index is 0.144. The van der Waals surface area contributed by atoms with Gasteiger partial charge in [-0.1, -0.05) is 0 Å². The van der Waals surface area contributed by atoms with Crippen molar-refractivity contribution in [3.63, 3.8) is 0 Å². The minimum atomic E-state index is -0.880. The number of furan rings is 1. The fraction of sp³-hybridized carbons (Fsp3) is 0.400. The fourth-order valence-corrected chi connectivity index (χ4v) is 1.32. The maximum absolute atomic E-state index is 11.7. The summed E-state index contributed by atoms with van der Waals surface area (Å²) in [5, 5.41) is 0. The minimum Gasteiger partial charge on any atom is -0.472 e. The maximum Gasteiger partial charge on any atom is 0.240 e. The first-order valence-corrected chi connectivity index (χ1v) is 4.80. The van der Waals surface area contributed by atoms with Gasteiger partial charge in [0.25, 0.3) is 0 Å². The van der Waals surface area contributed by atoms with Crippen LogP contribution in [0.2, 0.25) is 0 Å². The number of carbonyl (C=O) groups excluding carboxylic acids is 2. The summed E-state index contributed by atoms with van der Waals surface area (Å²) in [6, 6.07) is 0.873. The van der Waals surface area contributed by atoms with Crippen LogP contribution in [0.4, 0.5) is 0 Å². The van der Waals surface area contributed by atoms with Gasteiger partial charge in [-0.3, -0.25) is 9.59 Å². The molecule has 0 aliphatic heterocycles. The van der Waals surface area contributed by atoms with Crippen LogP contribution in [0.15, 0.2) is 23.0 Å². The maximum atomic E-state index is 11.7. The summed E-state index contributed by atoms with van der Waals surface area (Å²) in [6.07, 6.45) is 2.93. The number of likely N-dealkylation sites (N-methyl/N-ethyl adjacent to an activating group) is 1. The molecule has 6 nitrogen and oxygen atoms in total. The highest BCUT2D eigenvalue weighted by Crippen LogP contribution is 2.05. The average Bonchev–Trinajstić information content (AvgIpc) is 2.68. The first-order chi connectivity index (χ1) is 7.50. The van der Waals surface area contributed by atoms with Gasteiger partial charge in [-0.25, -0.2) is 0 Å². The molecular weight excluding hydrogens is 210 g/mol. The quantitative estimate of drug-likeness (QED) is 0.701. The summed E-state index contributed by atoms with van der Waals surface area (Å²) in [5.74, 6) is -0.905. The van der Waals surface area contributed by atoms with Crippen molar-refractivity contribution in [3.8, 4) is 0 Å². The Morgan fingerprint density at radius 1 is 1.56 bits per heavy atom. The van der Waals surface area contributed by atoms with Crippen LogP contribution in [0, 0.1) is 0 Å². The van der Waals surface area contributed by atoms with Gasteiger partial charge < -0.3 is 20.8 Å². The normalized spacial score (nSPS) is 12.1. The van der Waals surface area contributed by atoms with E-state index < -0.39 is 11.9 Å². The first kappa shape index (κ1) is 12.3. The summed E-state index contributed by atoms with van der Waals surface area (Å²) in [4.78, 5) is 23.7. The summed E-state index contributed by atoms with van der Waals surface area (Å²) in [7, 11) is 1.61. The lowest BCUT2D eigenvalue weighted by Crippen LogP contribution is -2.43. The highest BCUT2D eigenvalue weighted by atomic mass is 16.3. The molecule has 4 N–H and O–H groups in total. The standard InChI is InChI=1S/C10H15N3O3/c1-13(5-7-2-3-16-6-7)10(15)8(11)4-9(12)14/h2-3,6,8H,4-5,11H2,1H3,(H2,12,14). The Labute approximate surface area is 93.2 Å². The van der Waals surface area contributed by atoms with E-state index in [9.17, 15) is 9.59 Å². The van der Waals surface area contributed by atoms with Crippen LogP contribution in [0.25, 0.3) is 0 Å². The molecule has 0 aliphatic carbocycles. The van der Waals surface area contributed by atoms with Crippen molar-refractivity contribution in [1.82, 2.24) is 4.90 Å². The number of hydrogen-bond donors (Lipinski definition) is 2. The molecule has 0 saturated carbocycles. The van der Waals surface area contributed by atoms with Crippen molar-refractivity contribution < 1.29 is 14.0 Å². The van der Waals surface area contributed by atoms with Crippen molar-refractivity contribution in [2.45, 2.75) is 19.0 Å². The van der Waals surface area contributed by atoms with Crippen LogP contribution in [-0.2, 0) is 16.1 Å². The van der Waals surface area contributed by atoms with Crippen LogP contribution < -0.4 is 11.5 Å². The van der Waals surface area contributed by atoms with Crippen molar-refractivity contribution in [3.05, 3.63) is 24.2 Å². The van der Waals surface area contributed by atoms with Gasteiger partial charge in [-0.2, -0.15) is 0 Å². The molecule has 0 fully saturated rings. The molecule has 16 heavy (non-hydrogen) atoms. The van der Waals surface area contributed by atoms with Crippen molar-refractivity contribution in [2.75, 3.05) is 7.05 Å². The van der Waals surface area contributed by atoms with Crippen molar-refractivity contribution >= 4 is 11.8 Å². The Morgan fingerprint density at radius 2 is 2.25 bits per heavy atom. The molecule has 1 unspecified atom stereocenters. The number of amides is 2. The van der Waals surface area contributed by atoms with E-state index in [0.29, 0.717) is 6.54 Å². The van der Waals surface area contributed by atoms with Gasteiger partial charge >= 0.3 is 0 Å². The van der Waals surface area contributed by atoms with E-state index in [1.165, 1.54) is 11.2 Å². The Kier molecular flexibility index (Phi) is 4.07. The van der Waals surface area contributed by atoms with E-state index in [-0.39, 0.29) is 12.3 Å². The molecule has 6 heteroatoms. The number of nitrogens with zero attached hydrogens (tertiary/aromatic N) is 1. The predicted molar refractivity (Wildman–Crippen MR) is 57.0 cm³/mol. The van der Waals surface area contributed by atoms with Gasteiger partial charge in [-0.05, 0) is 6.07 Å². The van der Waals surface area contributed by atoms with Crippen LogP contribution >= 0.6 is 0 Å². The fourth-order valence-electron chi connectivity index (χ4n) is 1.32. The molecule has 1 aromatic rings. The van der Waals surface area contributed by atoms with Gasteiger partial charge in [0.15, 0.2) is 0 Å². The van der Waals surface area contributed by atoms with Crippen LogP contribution in [-0.4, -0.2) is 29.8 Å². The molecule has 0 spiro atoms. The van der Waals surface area contributed by atoms with E-state index in [1.807, 2.05) is 0 Å². The Hall–Kier alpha value is -1.82. The summed E-state index contributed by atoms with van der Waals surface area (Å²) in [6.45, 7) is 0.391. The van der Waals surface area contributed by atoms with E-state index in [2.05, 4.69) is 0 Å². The molecule has 1 heterocycles. The lowest BCUT2D eigenvalue weighted by Gasteiger charge is -2.19. The van der Waals surface area contributed by atoms with E-state index in [1.54, 1.807) is 19.4 Å². The zero-order valence-electron chi connectivity index (χ0n) is 9.05. The van der Waals surface area contributed by atoms with E-state index in [4.69, 9.17) is 15.9 Å². The number of primary amides is 1. The molecule has 0 aromatic carbocycles. The average molecular weight is 225 g/mol. The van der Waals surface area contributed by atoms with Crippen LogP contribution in [0.5, 0.6) is 0 Å². The monoisotopic (exact) mass is 225 g/mol. The Balaban J connectivity index is 2.50. The highest BCUT2D eigenvalue weighted by Gasteiger charge is 2.20. The third-order valence-corrected chi connectivity index (χ3v) is 2.11. The SMILES string of the molecule is CN(Cc1ccoc1)C(=O)C(N)CC(N)=O. The second kappa shape index (κ2) is 5.32. The number of nitrogens with two attached hydrogens (primary N) is 2.